The number of nitrogens with zero attached hydrogens (tertiary/aromatic N) is 1. The quantitative estimate of drug-likeness (QED) is 0.827. The molecule has 0 atom stereocenters. The highest BCUT2D eigenvalue weighted by Crippen LogP contribution is 2.25. The maximum Gasteiger partial charge on any atom is 0.254 e. The van der Waals surface area contributed by atoms with Crippen molar-refractivity contribution in [3.8, 4) is 0 Å². The summed E-state index contributed by atoms with van der Waals surface area (Å²) in [5, 5.41) is 0. The number of carbonyl (C=O) groups is 1. The third kappa shape index (κ3) is 2.46. The van der Waals surface area contributed by atoms with Gasteiger partial charge in [-0.2, -0.15) is 0 Å². The highest BCUT2D eigenvalue weighted by Gasteiger charge is 2.27. The predicted molar refractivity (Wildman–Crippen MR) is 80.7 cm³/mol. The van der Waals surface area contributed by atoms with Gasteiger partial charge in [0.1, 0.15) is 0 Å². The van der Waals surface area contributed by atoms with E-state index in [1.807, 2.05) is 30.0 Å². The largest absolute Gasteiger partial charge is 0.334 e. The Morgan fingerprint density at radius 3 is 2.60 bits per heavy atom. The number of rotatable bonds is 4. The topological polar surface area (TPSA) is 20.3 Å². The van der Waals surface area contributed by atoms with E-state index in [1.54, 1.807) is 0 Å². The number of hydrogen-bond acceptors (Lipinski definition) is 1. The fourth-order valence-electron chi connectivity index (χ4n) is 2.90. The van der Waals surface area contributed by atoms with Crippen molar-refractivity contribution in [2.45, 2.75) is 26.3 Å². The van der Waals surface area contributed by atoms with Crippen LogP contribution in [0.25, 0.3) is 0 Å². The van der Waals surface area contributed by atoms with Crippen molar-refractivity contribution in [2.75, 3.05) is 6.54 Å². The third-order valence-electron chi connectivity index (χ3n) is 3.96. The van der Waals surface area contributed by atoms with E-state index in [0.29, 0.717) is 0 Å². The molecule has 0 fully saturated rings. The van der Waals surface area contributed by atoms with Crippen molar-refractivity contribution < 1.29 is 4.79 Å². The zero-order valence-corrected chi connectivity index (χ0v) is 11.8. The molecular weight excluding hydrogens is 246 g/mol. The average Bonchev–Trinajstić information content (AvgIpc) is 2.78. The molecule has 0 saturated carbocycles. The lowest BCUT2D eigenvalue weighted by molar-refractivity contribution is 0.0776. The van der Waals surface area contributed by atoms with Crippen LogP contribution in [0.4, 0.5) is 0 Å². The maximum absolute atomic E-state index is 12.4. The van der Waals surface area contributed by atoms with Crippen molar-refractivity contribution >= 4 is 5.91 Å². The molecule has 2 heteroatoms. The Hall–Kier alpha value is -2.09. The van der Waals surface area contributed by atoms with Crippen LogP contribution < -0.4 is 0 Å². The molecule has 0 spiro atoms. The van der Waals surface area contributed by atoms with E-state index in [-0.39, 0.29) is 5.91 Å². The van der Waals surface area contributed by atoms with Gasteiger partial charge in [0.2, 0.25) is 0 Å². The van der Waals surface area contributed by atoms with Crippen LogP contribution in [0.15, 0.2) is 48.5 Å². The van der Waals surface area contributed by atoms with E-state index in [9.17, 15) is 4.79 Å². The summed E-state index contributed by atoms with van der Waals surface area (Å²) in [5.74, 6) is 0.200. The van der Waals surface area contributed by atoms with Crippen LogP contribution in [-0.4, -0.2) is 17.4 Å². The van der Waals surface area contributed by atoms with Gasteiger partial charge in [0.05, 0.1) is 0 Å². The molecule has 2 aromatic rings. The van der Waals surface area contributed by atoms with Crippen LogP contribution in [0, 0.1) is 6.92 Å². The Morgan fingerprint density at radius 1 is 1.05 bits per heavy atom. The van der Waals surface area contributed by atoms with E-state index in [0.717, 1.165) is 37.1 Å². The van der Waals surface area contributed by atoms with Gasteiger partial charge < -0.3 is 4.90 Å². The second-order valence-corrected chi connectivity index (χ2v) is 5.42. The molecule has 2 nitrogen and oxygen atoms in total. The molecule has 0 aromatic heterocycles. The first-order valence-corrected chi connectivity index (χ1v) is 7.17. The normalized spacial score (nSPS) is 13.7. The number of carbonyl (C=O) groups excluding carboxylic acids is 1. The second-order valence-electron chi connectivity index (χ2n) is 5.42. The molecule has 1 aliphatic heterocycles. The molecule has 3 rings (SSSR count). The number of benzene rings is 2. The molecule has 102 valence electrons. The lowest BCUT2D eigenvalue weighted by Crippen LogP contribution is -2.25. The van der Waals surface area contributed by atoms with Crippen LogP contribution >= 0.6 is 0 Å². The van der Waals surface area contributed by atoms with E-state index < -0.39 is 0 Å². The number of fused-ring (bicyclic) bond motifs is 1. The molecule has 1 heterocycles. The van der Waals surface area contributed by atoms with Gasteiger partial charge >= 0.3 is 0 Å². The fourth-order valence-corrected chi connectivity index (χ4v) is 2.90. The molecule has 0 unspecified atom stereocenters. The zero-order valence-electron chi connectivity index (χ0n) is 11.8. The van der Waals surface area contributed by atoms with Gasteiger partial charge in [-0.1, -0.05) is 48.5 Å². The minimum Gasteiger partial charge on any atom is -0.334 e. The summed E-state index contributed by atoms with van der Waals surface area (Å²) in [5.41, 5.74) is 4.54. The Labute approximate surface area is 120 Å². The molecule has 1 amide bonds. The number of amides is 1. The van der Waals surface area contributed by atoms with Crippen LogP contribution in [0.2, 0.25) is 0 Å². The van der Waals surface area contributed by atoms with E-state index in [4.69, 9.17) is 0 Å². The van der Waals surface area contributed by atoms with Crippen molar-refractivity contribution in [3.05, 3.63) is 70.8 Å². The minimum absolute atomic E-state index is 0.200. The summed E-state index contributed by atoms with van der Waals surface area (Å²) in [6.07, 6.45) is 2.04. The molecule has 0 radical (unpaired) electrons. The van der Waals surface area contributed by atoms with E-state index in [2.05, 4.69) is 30.3 Å². The van der Waals surface area contributed by atoms with Crippen LogP contribution in [0.3, 0.4) is 0 Å². The highest BCUT2D eigenvalue weighted by atomic mass is 16.2. The minimum atomic E-state index is 0.200. The maximum atomic E-state index is 12.4. The van der Waals surface area contributed by atoms with Gasteiger partial charge in [0.15, 0.2) is 0 Å². The first-order chi connectivity index (χ1) is 9.75. The molecule has 0 N–H and O–H groups in total. The van der Waals surface area contributed by atoms with Crippen molar-refractivity contribution in [2.24, 2.45) is 0 Å². The Morgan fingerprint density at radius 2 is 1.85 bits per heavy atom. The standard InChI is InChI=1S/C18H19NO/c1-14-7-5-11-16-13-19(18(20)17(14)16)12-6-10-15-8-3-2-4-9-15/h2-5,7-9,11H,6,10,12-13H2,1H3. The van der Waals surface area contributed by atoms with E-state index in [1.165, 1.54) is 11.1 Å². The van der Waals surface area contributed by atoms with Crippen LogP contribution in [0.5, 0.6) is 0 Å². The second kappa shape index (κ2) is 5.49. The third-order valence-corrected chi connectivity index (χ3v) is 3.96. The lowest BCUT2D eigenvalue weighted by Gasteiger charge is -2.15. The van der Waals surface area contributed by atoms with Gasteiger partial charge in [-0.25, -0.2) is 0 Å². The first kappa shape index (κ1) is 12.9. The summed E-state index contributed by atoms with van der Waals surface area (Å²) in [6, 6.07) is 16.6. The summed E-state index contributed by atoms with van der Waals surface area (Å²) < 4.78 is 0. The molecule has 0 aliphatic carbocycles. The Kier molecular flexibility index (Phi) is 3.55. The zero-order chi connectivity index (χ0) is 13.9. The molecule has 1 aliphatic rings. The van der Waals surface area contributed by atoms with Gasteiger partial charge in [0.25, 0.3) is 5.91 Å². The van der Waals surface area contributed by atoms with Gasteiger partial charge in [-0.3, -0.25) is 4.79 Å². The number of hydrogen-bond donors (Lipinski definition) is 0. The Bertz CT molecular complexity index is 619. The summed E-state index contributed by atoms with van der Waals surface area (Å²) in [6.45, 7) is 3.62. The molecule has 0 saturated heterocycles. The average molecular weight is 265 g/mol. The Balaban J connectivity index is 1.61. The van der Waals surface area contributed by atoms with Crippen molar-refractivity contribution in [3.63, 3.8) is 0 Å². The van der Waals surface area contributed by atoms with Crippen molar-refractivity contribution in [1.29, 1.82) is 0 Å². The van der Waals surface area contributed by atoms with Gasteiger partial charge in [0, 0.05) is 18.7 Å². The van der Waals surface area contributed by atoms with Crippen LogP contribution in [0.1, 0.15) is 33.5 Å². The molecular formula is C18H19NO. The smallest absolute Gasteiger partial charge is 0.254 e. The first-order valence-electron chi connectivity index (χ1n) is 7.17. The summed E-state index contributed by atoms with van der Waals surface area (Å²) >= 11 is 0. The molecule has 20 heavy (non-hydrogen) atoms. The summed E-state index contributed by atoms with van der Waals surface area (Å²) in [4.78, 5) is 14.4. The fraction of sp³-hybridized carbons (Fsp3) is 0.278. The summed E-state index contributed by atoms with van der Waals surface area (Å²) in [7, 11) is 0. The number of aryl methyl sites for hydroxylation is 2. The highest BCUT2D eigenvalue weighted by molar-refractivity contribution is 5.99. The van der Waals surface area contributed by atoms with Gasteiger partial charge in [-0.05, 0) is 36.5 Å². The predicted octanol–water partition coefficient (Wildman–Crippen LogP) is 3.58. The SMILES string of the molecule is Cc1cccc2c1C(=O)N(CCCc1ccccc1)C2. The monoisotopic (exact) mass is 265 g/mol. The van der Waals surface area contributed by atoms with Crippen molar-refractivity contribution in [1.82, 2.24) is 4.90 Å². The molecule has 0 bridgehead atoms. The molecule has 2 aromatic carbocycles. The van der Waals surface area contributed by atoms with E-state index >= 15 is 0 Å². The van der Waals surface area contributed by atoms with Crippen LogP contribution in [-0.2, 0) is 13.0 Å². The lowest BCUT2D eigenvalue weighted by atomic mass is 10.0. The van der Waals surface area contributed by atoms with Gasteiger partial charge in [-0.15, -0.1) is 0 Å².